The number of carbonyl (C=O) groups is 2. The Morgan fingerprint density at radius 2 is 2.05 bits per heavy atom. The van der Waals surface area contributed by atoms with Crippen LogP contribution < -0.4 is 5.32 Å². The highest BCUT2D eigenvalue weighted by molar-refractivity contribution is 6.33. The number of hydrogen-bond donors (Lipinski definition) is 1. The second-order valence-corrected chi connectivity index (χ2v) is 5.05. The van der Waals surface area contributed by atoms with E-state index in [0.29, 0.717) is 29.5 Å². The molecule has 0 saturated heterocycles. The minimum atomic E-state index is -0.452. The lowest BCUT2D eigenvalue weighted by molar-refractivity contribution is -0.117. The number of ether oxygens (including phenoxy) is 2. The summed E-state index contributed by atoms with van der Waals surface area (Å²) < 4.78 is 10.2. The Balaban J connectivity index is 2.73. The molecule has 116 valence electrons. The standard InChI is InChI=1S/C15H20ClNO4/c1-4-20-8-7-14(18)17-13-9-11(5-6-12(13)16)15(19)21-10(2)3/h5-6,9-10H,4,7-8H2,1-3H3,(H,17,18). The molecule has 1 N–H and O–H groups in total. The first-order valence-electron chi connectivity index (χ1n) is 6.82. The number of rotatable bonds is 7. The Bertz CT molecular complexity index is 502. The molecule has 0 saturated carbocycles. The van der Waals surface area contributed by atoms with Gasteiger partial charge in [0.1, 0.15) is 0 Å². The smallest absolute Gasteiger partial charge is 0.338 e. The van der Waals surface area contributed by atoms with Crippen LogP contribution in [0.15, 0.2) is 18.2 Å². The van der Waals surface area contributed by atoms with E-state index >= 15 is 0 Å². The first-order valence-corrected chi connectivity index (χ1v) is 7.20. The highest BCUT2D eigenvalue weighted by atomic mass is 35.5. The molecule has 0 atom stereocenters. The van der Waals surface area contributed by atoms with Gasteiger partial charge in [-0.05, 0) is 39.0 Å². The molecule has 0 unspecified atom stereocenters. The van der Waals surface area contributed by atoms with E-state index in [2.05, 4.69) is 5.32 Å². The number of halogens is 1. The van der Waals surface area contributed by atoms with Gasteiger partial charge >= 0.3 is 5.97 Å². The summed E-state index contributed by atoms with van der Waals surface area (Å²) in [5.74, 6) is -0.675. The number of hydrogen-bond acceptors (Lipinski definition) is 4. The Morgan fingerprint density at radius 3 is 2.67 bits per heavy atom. The minimum absolute atomic E-state index is 0.211. The largest absolute Gasteiger partial charge is 0.459 e. The molecule has 1 aromatic carbocycles. The highest BCUT2D eigenvalue weighted by Crippen LogP contribution is 2.23. The fourth-order valence-corrected chi connectivity index (χ4v) is 1.72. The predicted molar refractivity (Wildman–Crippen MR) is 81.7 cm³/mol. The fraction of sp³-hybridized carbons (Fsp3) is 0.467. The lowest BCUT2D eigenvalue weighted by Crippen LogP contribution is -2.16. The van der Waals surface area contributed by atoms with Gasteiger partial charge in [-0.3, -0.25) is 4.79 Å². The second-order valence-electron chi connectivity index (χ2n) is 4.64. The van der Waals surface area contributed by atoms with Crippen molar-refractivity contribution in [3.8, 4) is 0 Å². The van der Waals surface area contributed by atoms with Gasteiger partial charge in [0, 0.05) is 6.61 Å². The van der Waals surface area contributed by atoms with Crippen molar-refractivity contribution in [3.63, 3.8) is 0 Å². The van der Waals surface area contributed by atoms with E-state index in [1.807, 2.05) is 6.92 Å². The number of carbonyl (C=O) groups excluding carboxylic acids is 2. The van der Waals surface area contributed by atoms with E-state index in [-0.39, 0.29) is 18.4 Å². The number of esters is 1. The van der Waals surface area contributed by atoms with Crippen LogP contribution in [0.1, 0.15) is 37.6 Å². The van der Waals surface area contributed by atoms with Crippen molar-refractivity contribution >= 4 is 29.2 Å². The van der Waals surface area contributed by atoms with Crippen LogP contribution in [-0.4, -0.2) is 31.2 Å². The van der Waals surface area contributed by atoms with Gasteiger partial charge in [0.2, 0.25) is 5.91 Å². The molecule has 1 rings (SSSR count). The van der Waals surface area contributed by atoms with Gasteiger partial charge in [-0.15, -0.1) is 0 Å². The van der Waals surface area contributed by atoms with Crippen molar-refractivity contribution in [3.05, 3.63) is 28.8 Å². The van der Waals surface area contributed by atoms with Gasteiger partial charge in [0.15, 0.2) is 0 Å². The molecular formula is C15H20ClNO4. The van der Waals surface area contributed by atoms with Crippen molar-refractivity contribution < 1.29 is 19.1 Å². The van der Waals surface area contributed by atoms with E-state index in [1.54, 1.807) is 26.0 Å². The molecule has 0 aliphatic heterocycles. The average molecular weight is 314 g/mol. The van der Waals surface area contributed by atoms with Crippen LogP contribution in [0.3, 0.4) is 0 Å². The molecule has 0 bridgehead atoms. The van der Waals surface area contributed by atoms with E-state index in [0.717, 1.165) is 0 Å². The number of anilines is 1. The van der Waals surface area contributed by atoms with Gasteiger partial charge in [0.05, 0.1) is 35.4 Å². The molecule has 1 aromatic rings. The number of nitrogens with one attached hydrogen (secondary N) is 1. The van der Waals surface area contributed by atoms with Crippen molar-refractivity contribution in [1.82, 2.24) is 0 Å². The van der Waals surface area contributed by atoms with Crippen LogP contribution in [0.25, 0.3) is 0 Å². The van der Waals surface area contributed by atoms with Crippen LogP contribution >= 0.6 is 11.6 Å². The Kier molecular flexibility index (Phi) is 7.19. The summed E-state index contributed by atoms with van der Waals surface area (Å²) in [6.45, 7) is 6.30. The highest BCUT2D eigenvalue weighted by Gasteiger charge is 2.13. The summed E-state index contributed by atoms with van der Waals surface area (Å²) in [7, 11) is 0. The molecule has 0 aliphatic carbocycles. The van der Waals surface area contributed by atoms with Crippen molar-refractivity contribution in [2.75, 3.05) is 18.5 Å². The topological polar surface area (TPSA) is 64.6 Å². The van der Waals surface area contributed by atoms with Crippen LogP contribution in [0, 0.1) is 0 Å². The SMILES string of the molecule is CCOCCC(=O)Nc1cc(C(=O)OC(C)C)ccc1Cl. The third-order valence-electron chi connectivity index (χ3n) is 2.50. The van der Waals surface area contributed by atoms with E-state index in [1.165, 1.54) is 6.07 Å². The normalized spacial score (nSPS) is 10.5. The maximum atomic E-state index is 11.8. The van der Waals surface area contributed by atoms with Gasteiger partial charge in [-0.2, -0.15) is 0 Å². The molecule has 0 heterocycles. The van der Waals surface area contributed by atoms with Gasteiger partial charge < -0.3 is 14.8 Å². The first-order chi connectivity index (χ1) is 9.93. The van der Waals surface area contributed by atoms with E-state index < -0.39 is 5.97 Å². The van der Waals surface area contributed by atoms with Crippen LogP contribution in [-0.2, 0) is 14.3 Å². The molecule has 1 amide bonds. The molecule has 0 radical (unpaired) electrons. The Hall–Kier alpha value is -1.59. The maximum absolute atomic E-state index is 11.8. The molecule has 0 spiro atoms. The summed E-state index contributed by atoms with van der Waals surface area (Å²) in [5.41, 5.74) is 0.726. The Labute approximate surface area is 129 Å². The van der Waals surface area contributed by atoms with Gasteiger partial charge in [-0.1, -0.05) is 11.6 Å². The molecule has 0 aromatic heterocycles. The van der Waals surface area contributed by atoms with Crippen LogP contribution in [0.4, 0.5) is 5.69 Å². The van der Waals surface area contributed by atoms with E-state index in [4.69, 9.17) is 21.1 Å². The monoisotopic (exact) mass is 313 g/mol. The summed E-state index contributed by atoms with van der Waals surface area (Å²) in [6.07, 6.45) is 0.0163. The number of amides is 1. The third-order valence-corrected chi connectivity index (χ3v) is 2.83. The van der Waals surface area contributed by atoms with Crippen LogP contribution in [0.2, 0.25) is 5.02 Å². The third kappa shape index (κ3) is 6.14. The lowest BCUT2D eigenvalue weighted by atomic mass is 10.2. The van der Waals surface area contributed by atoms with E-state index in [9.17, 15) is 9.59 Å². The molecule has 6 heteroatoms. The summed E-state index contributed by atoms with van der Waals surface area (Å²) in [6, 6.07) is 4.62. The summed E-state index contributed by atoms with van der Waals surface area (Å²) >= 11 is 6.01. The zero-order valence-electron chi connectivity index (χ0n) is 12.4. The Morgan fingerprint density at radius 1 is 1.33 bits per heavy atom. The van der Waals surface area contributed by atoms with Crippen molar-refractivity contribution in [1.29, 1.82) is 0 Å². The number of benzene rings is 1. The first kappa shape index (κ1) is 17.5. The summed E-state index contributed by atoms with van der Waals surface area (Å²) in [5, 5.41) is 3.02. The lowest BCUT2D eigenvalue weighted by Gasteiger charge is -2.11. The quantitative estimate of drug-likeness (QED) is 0.620. The zero-order chi connectivity index (χ0) is 15.8. The van der Waals surface area contributed by atoms with Gasteiger partial charge in [-0.25, -0.2) is 4.79 Å². The van der Waals surface area contributed by atoms with Crippen LogP contribution in [0.5, 0.6) is 0 Å². The fourth-order valence-electron chi connectivity index (χ4n) is 1.55. The second kappa shape index (κ2) is 8.64. The molecular weight excluding hydrogens is 294 g/mol. The maximum Gasteiger partial charge on any atom is 0.338 e. The minimum Gasteiger partial charge on any atom is -0.459 e. The molecule has 0 fully saturated rings. The predicted octanol–water partition coefficient (Wildman–Crippen LogP) is 3.27. The molecule has 0 aliphatic rings. The molecule has 5 nitrogen and oxygen atoms in total. The van der Waals surface area contributed by atoms with Crippen molar-refractivity contribution in [2.45, 2.75) is 33.3 Å². The zero-order valence-corrected chi connectivity index (χ0v) is 13.2. The van der Waals surface area contributed by atoms with Gasteiger partial charge in [0.25, 0.3) is 0 Å². The van der Waals surface area contributed by atoms with Crippen molar-refractivity contribution in [2.24, 2.45) is 0 Å². The summed E-state index contributed by atoms with van der Waals surface area (Å²) in [4.78, 5) is 23.5. The molecule has 21 heavy (non-hydrogen) atoms. The average Bonchev–Trinajstić information content (AvgIpc) is 2.40.